The van der Waals surface area contributed by atoms with Gasteiger partial charge in [-0.15, -0.1) is 0 Å². The molecule has 0 radical (unpaired) electrons. The van der Waals surface area contributed by atoms with E-state index in [1.54, 1.807) is 6.26 Å². The van der Waals surface area contributed by atoms with Crippen molar-refractivity contribution in [3.8, 4) is 0 Å². The fourth-order valence-electron chi connectivity index (χ4n) is 2.51. The molecule has 3 rings (SSSR count). The minimum atomic E-state index is -0.0949. The molecule has 0 spiro atoms. The van der Waals surface area contributed by atoms with E-state index in [0.717, 1.165) is 11.1 Å². The van der Waals surface area contributed by atoms with Crippen LogP contribution < -0.4 is 5.32 Å². The molecule has 1 aromatic carbocycles. The Morgan fingerprint density at radius 1 is 1.26 bits per heavy atom. The summed E-state index contributed by atoms with van der Waals surface area (Å²) < 4.78 is 10.7. The Morgan fingerprint density at radius 3 is 2.83 bits per heavy atom. The number of benzene rings is 1. The highest BCUT2D eigenvalue weighted by Crippen LogP contribution is 2.19. The number of para-hydroxylation sites is 1. The summed E-state index contributed by atoms with van der Waals surface area (Å²) in [5.74, 6) is 0.727. The number of likely N-dealkylation sites (N-methyl/N-ethyl adjacent to an activating group) is 1. The summed E-state index contributed by atoms with van der Waals surface area (Å²) >= 11 is 0. The van der Waals surface area contributed by atoms with Gasteiger partial charge in [0.2, 0.25) is 5.91 Å². The predicted octanol–water partition coefficient (Wildman–Crippen LogP) is 2.38. The average Bonchev–Trinajstić information content (AvgIpc) is 3.18. The predicted molar refractivity (Wildman–Crippen MR) is 85.9 cm³/mol. The molecule has 0 fully saturated rings. The molecule has 1 atom stereocenters. The third-order valence-electron chi connectivity index (χ3n) is 3.77. The Kier molecular flexibility index (Phi) is 4.43. The number of hydrogen-bond donors (Lipinski definition) is 1. The summed E-state index contributed by atoms with van der Waals surface area (Å²) in [4.78, 5) is 14.2. The molecule has 120 valence electrons. The summed E-state index contributed by atoms with van der Waals surface area (Å²) in [6.45, 7) is 0.467. The minimum absolute atomic E-state index is 0.0111. The van der Waals surface area contributed by atoms with Gasteiger partial charge < -0.3 is 14.3 Å². The van der Waals surface area contributed by atoms with Crippen LogP contribution in [0.3, 0.4) is 0 Å². The zero-order valence-corrected chi connectivity index (χ0v) is 13.2. The van der Waals surface area contributed by atoms with Crippen LogP contribution >= 0.6 is 0 Å². The molecular formula is C17H19N3O3. The van der Waals surface area contributed by atoms with E-state index in [-0.39, 0.29) is 18.4 Å². The molecule has 6 heteroatoms. The number of amides is 1. The van der Waals surface area contributed by atoms with Gasteiger partial charge in [-0.25, -0.2) is 0 Å². The Morgan fingerprint density at radius 2 is 2.09 bits per heavy atom. The molecule has 2 heterocycles. The van der Waals surface area contributed by atoms with E-state index < -0.39 is 0 Å². The highest BCUT2D eigenvalue weighted by molar-refractivity contribution is 5.86. The summed E-state index contributed by atoms with van der Waals surface area (Å²) in [6.07, 6.45) is 1.82. The lowest BCUT2D eigenvalue weighted by Crippen LogP contribution is -2.35. The van der Waals surface area contributed by atoms with Crippen LogP contribution in [-0.4, -0.2) is 36.6 Å². The second kappa shape index (κ2) is 6.66. The largest absolute Gasteiger partial charge is 0.468 e. The summed E-state index contributed by atoms with van der Waals surface area (Å²) in [5.41, 5.74) is 1.34. The van der Waals surface area contributed by atoms with Gasteiger partial charge in [-0.1, -0.05) is 17.3 Å². The van der Waals surface area contributed by atoms with Gasteiger partial charge in [0.05, 0.1) is 18.7 Å². The van der Waals surface area contributed by atoms with Gasteiger partial charge in [0.25, 0.3) is 0 Å². The number of carbonyl (C=O) groups excluding carboxylic acids is 1. The van der Waals surface area contributed by atoms with E-state index in [2.05, 4.69) is 10.5 Å². The van der Waals surface area contributed by atoms with Crippen LogP contribution in [0, 0.1) is 0 Å². The monoisotopic (exact) mass is 313 g/mol. The molecule has 0 aliphatic rings. The van der Waals surface area contributed by atoms with Crippen molar-refractivity contribution < 1.29 is 13.7 Å². The number of carbonyl (C=O) groups is 1. The van der Waals surface area contributed by atoms with Crippen LogP contribution in [0.1, 0.15) is 17.5 Å². The number of rotatable bonds is 6. The first-order valence-corrected chi connectivity index (χ1v) is 7.45. The maximum Gasteiger partial charge on any atom is 0.226 e. The number of hydrogen-bond acceptors (Lipinski definition) is 5. The molecule has 0 saturated carbocycles. The van der Waals surface area contributed by atoms with Crippen molar-refractivity contribution in [2.24, 2.45) is 0 Å². The Hall–Kier alpha value is -2.60. The van der Waals surface area contributed by atoms with Crippen molar-refractivity contribution in [3.05, 3.63) is 54.1 Å². The third-order valence-corrected chi connectivity index (χ3v) is 3.77. The van der Waals surface area contributed by atoms with Gasteiger partial charge in [-0.05, 0) is 38.4 Å². The van der Waals surface area contributed by atoms with E-state index >= 15 is 0 Å². The average molecular weight is 313 g/mol. The molecule has 0 aliphatic carbocycles. The van der Waals surface area contributed by atoms with Gasteiger partial charge in [0, 0.05) is 11.9 Å². The molecule has 0 aliphatic heterocycles. The summed E-state index contributed by atoms with van der Waals surface area (Å²) in [7, 11) is 3.90. The van der Waals surface area contributed by atoms with E-state index in [1.165, 1.54) is 0 Å². The molecular weight excluding hydrogens is 294 g/mol. The molecule has 3 aromatic rings. The SMILES string of the molecule is CN(C)C(CNC(=O)Cc1noc2ccccc12)c1ccco1. The molecule has 1 N–H and O–H groups in total. The number of aromatic nitrogens is 1. The number of nitrogens with one attached hydrogen (secondary N) is 1. The highest BCUT2D eigenvalue weighted by Gasteiger charge is 2.19. The number of nitrogens with zero attached hydrogens (tertiary/aromatic N) is 2. The van der Waals surface area contributed by atoms with Crippen molar-refractivity contribution in [2.75, 3.05) is 20.6 Å². The zero-order chi connectivity index (χ0) is 16.2. The van der Waals surface area contributed by atoms with Gasteiger partial charge in [-0.3, -0.25) is 9.69 Å². The Labute approximate surface area is 134 Å². The van der Waals surface area contributed by atoms with E-state index in [4.69, 9.17) is 8.94 Å². The van der Waals surface area contributed by atoms with Crippen molar-refractivity contribution in [2.45, 2.75) is 12.5 Å². The number of fused-ring (bicyclic) bond motifs is 1. The van der Waals surface area contributed by atoms with Crippen molar-refractivity contribution in [1.82, 2.24) is 15.4 Å². The second-order valence-electron chi connectivity index (χ2n) is 5.60. The molecule has 1 unspecified atom stereocenters. The number of furan rings is 1. The molecule has 0 saturated heterocycles. The van der Waals surface area contributed by atoms with Crippen LogP contribution in [0.15, 0.2) is 51.6 Å². The van der Waals surface area contributed by atoms with E-state index in [0.29, 0.717) is 17.8 Å². The van der Waals surface area contributed by atoms with Gasteiger partial charge in [-0.2, -0.15) is 0 Å². The van der Waals surface area contributed by atoms with Crippen LogP contribution in [0.25, 0.3) is 11.0 Å². The fraction of sp³-hybridized carbons (Fsp3) is 0.294. The summed E-state index contributed by atoms with van der Waals surface area (Å²) in [6, 6.07) is 11.3. The Balaban J connectivity index is 1.63. The maximum atomic E-state index is 12.2. The quantitative estimate of drug-likeness (QED) is 0.756. The van der Waals surface area contributed by atoms with E-state index in [9.17, 15) is 4.79 Å². The standard InChI is InChI=1S/C17H19N3O3/c1-20(2)14(16-8-5-9-22-16)11-18-17(21)10-13-12-6-3-4-7-15(12)23-19-13/h3-9,14H,10-11H2,1-2H3,(H,18,21). The first-order valence-electron chi connectivity index (χ1n) is 7.45. The summed E-state index contributed by atoms with van der Waals surface area (Å²) in [5, 5.41) is 7.79. The zero-order valence-electron chi connectivity index (χ0n) is 13.2. The lowest BCUT2D eigenvalue weighted by Gasteiger charge is -2.22. The van der Waals surface area contributed by atoms with Crippen molar-refractivity contribution in [3.63, 3.8) is 0 Å². The molecule has 23 heavy (non-hydrogen) atoms. The lowest BCUT2D eigenvalue weighted by atomic mass is 10.1. The van der Waals surface area contributed by atoms with Crippen molar-refractivity contribution in [1.29, 1.82) is 0 Å². The topological polar surface area (TPSA) is 71.5 Å². The van der Waals surface area contributed by atoms with Gasteiger partial charge in [0.15, 0.2) is 5.58 Å². The smallest absolute Gasteiger partial charge is 0.226 e. The van der Waals surface area contributed by atoms with Gasteiger partial charge >= 0.3 is 0 Å². The third kappa shape index (κ3) is 3.43. The van der Waals surface area contributed by atoms with Crippen molar-refractivity contribution >= 4 is 16.9 Å². The molecule has 0 bridgehead atoms. The lowest BCUT2D eigenvalue weighted by molar-refractivity contribution is -0.120. The minimum Gasteiger partial charge on any atom is -0.468 e. The highest BCUT2D eigenvalue weighted by atomic mass is 16.5. The second-order valence-corrected chi connectivity index (χ2v) is 5.60. The van der Waals surface area contributed by atoms with Crippen LogP contribution in [-0.2, 0) is 11.2 Å². The van der Waals surface area contributed by atoms with Crippen LogP contribution in [0.2, 0.25) is 0 Å². The first kappa shape index (κ1) is 15.3. The van der Waals surface area contributed by atoms with Gasteiger partial charge in [0.1, 0.15) is 11.5 Å². The van der Waals surface area contributed by atoms with E-state index in [1.807, 2.05) is 55.4 Å². The first-order chi connectivity index (χ1) is 11.1. The maximum absolute atomic E-state index is 12.2. The Bertz CT molecular complexity index is 777. The molecule has 1 amide bonds. The van der Waals surface area contributed by atoms with Crippen LogP contribution in [0.4, 0.5) is 0 Å². The van der Waals surface area contributed by atoms with Crippen LogP contribution in [0.5, 0.6) is 0 Å². The normalized spacial score (nSPS) is 12.7. The fourth-order valence-corrected chi connectivity index (χ4v) is 2.51. The molecule has 6 nitrogen and oxygen atoms in total. The molecule has 2 aromatic heterocycles.